The lowest BCUT2D eigenvalue weighted by Crippen LogP contribution is -2.30. The Kier molecular flexibility index (Phi) is 4.20. The first-order valence-electron chi connectivity index (χ1n) is 9.31. The van der Waals surface area contributed by atoms with Gasteiger partial charge in [-0.2, -0.15) is 0 Å². The minimum Gasteiger partial charge on any atom is -0.467 e. The van der Waals surface area contributed by atoms with E-state index in [2.05, 4.69) is 43.8 Å². The highest BCUT2D eigenvalue weighted by Crippen LogP contribution is 2.43. The van der Waals surface area contributed by atoms with Gasteiger partial charge in [-0.1, -0.05) is 19.9 Å². The van der Waals surface area contributed by atoms with Gasteiger partial charge in [-0.25, -0.2) is 9.41 Å². The van der Waals surface area contributed by atoms with E-state index in [9.17, 15) is 0 Å². The monoisotopic (exact) mass is 355 g/mol. The largest absolute Gasteiger partial charge is 0.467 e. The summed E-state index contributed by atoms with van der Waals surface area (Å²) in [6.07, 6.45) is 3.04. The molecule has 2 aromatic heterocycles. The molecule has 0 saturated carbocycles. The smallest absolute Gasteiger partial charge is 0.243 e. The summed E-state index contributed by atoms with van der Waals surface area (Å²) >= 11 is 0. The van der Waals surface area contributed by atoms with E-state index in [4.69, 9.17) is 11.0 Å². The molecule has 0 fully saturated rings. The van der Waals surface area contributed by atoms with Crippen LogP contribution in [0.3, 0.4) is 0 Å². The van der Waals surface area contributed by atoms with E-state index in [0.717, 1.165) is 39.6 Å². The van der Waals surface area contributed by atoms with Crippen LogP contribution >= 0.6 is 0 Å². The van der Waals surface area contributed by atoms with Crippen molar-refractivity contribution in [3.63, 3.8) is 0 Å². The van der Waals surface area contributed by atoms with E-state index in [1.165, 1.54) is 5.56 Å². The van der Waals surface area contributed by atoms with E-state index in [-0.39, 0.29) is 0 Å². The molecular formula is C24H23N2O+. The molecule has 0 spiro atoms. The topological polar surface area (TPSA) is 21.4 Å². The van der Waals surface area contributed by atoms with Crippen LogP contribution in [0.25, 0.3) is 38.0 Å². The van der Waals surface area contributed by atoms with Crippen LogP contribution in [0.15, 0.2) is 53.1 Å². The fraction of sp³-hybridized carbons (Fsp3) is 0.250. The summed E-state index contributed by atoms with van der Waals surface area (Å²) in [4.78, 5) is 3.89. The van der Waals surface area contributed by atoms with Crippen LogP contribution in [0.1, 0.15) is 25.0 Å². The SMILES string of the molecule is [C-]#[N+]c1c(-c2cccc[n+]2C)c(C)cc2c1oc1ccc(CC(C)C)cc12. The van der Waals surface area contributed by atoms with E-state index in [0.29, 0.717) is 17.2 Å². The van der Waals surface area contributed by atoms with Crippen molar-refractivity contribution in [2.45, 2.75) is 27.2 Å². The minimum absolute atomic E-state index is 0.591. The maximum Gasteiger partial charge on any atom is 0.243 e. The van der Waals surface area contributed by atoms with Gasteiger partial charge in [-0.05, 0) is 54.7 Å². The summed E-state index contributed by atoms with van der Waals surface area (Å²) in [6, 6.07) is 14.6. The summed E-state index contributed by atoms with van der Waals surface area (Å²) in [6.45, 7) is 14.4. The first kappa shape index (κ1) is 17.3. The summed E-state index contributed by atoms with van der Waals surface area (Å²) in [5, 5.41) is 2.13. The first-order valence-corrected chi connectivity index (χ1v) is 9.31. The van der Waals surface area contributed by atoms with Crippen molar-refractivity contribution < 1.29 is 8.98 Å². The second-order valence-electron chi connectivity index (χ2n) is 7.63. The standard InChI is InChI=1S/C24H23N2O/c1-15(2)12-17-9-10-21-18(14-17)19-13-16(3)22(23(25-4)24(19)27-21)20-8-6-7-11-26(20)5/h6-11,13-15H,12H2,1-3,5H3/q+1. The number of furan rings is 1. The molecule has 2 heterocycles. The van der Waals surface area contributed by atoms with Crippen molar-refractivity contribution in [2.24, 2.45) is 13.0 Å². The van der Waals surface area contributed by atoms with Gasteiger partial charge in [-0.15, -0.1) is 0 Å². The molecular weight excluding hydrogens is 332 g/mol. The molecule has 3 nitrogen and oxygen atoms in total. The Labute approximate surface area is 159 Å². The molecule has 0 aliphatic heterocycles. The molecule has 4 aromatic rings. The Morgan fingerprint density at radius 1 is 1.11 bits per heavy atom. The van der Waals surface area contributed by atoms with Gasteiger partial charge in [0, 0.05) is 22.9 Å². The van der Waals surface area contributed by atoms with Crippen LogP contribution in [0, 0.1) is 19.4 Å². The average Bonchev–Trinajstić information content (AvgIpc) is 2.98. The van der Waals surface area contributed by atoms with E-state index in [1.807, 2.05) is 42.1 Å². The first-order chi connectivity index (χ1) is 13.0. The number of hydrogen-bond acceptors (Lipinski definition) is 1. The van der Waals surface area contributed by atoms with Crippen LogP contribution < -0.4 is 4.57 Å². The van der Waals surface area contributed by atoms with Crippen molar-refractivity contribution in [2.75, 3.05) is 0 Å². The second kappa shape index (κ2) is 6.55. The van der Waals surface area contributed by atoms with Gasteiger partial charge >= 0.3 is 0 Å². The highest BCUT2D eigenvalue weighted by atomic mass is 16.3. The lowest BCUT2D eigenvalue weighted by molar-refractivity contribution is -0.660. The highest BCUT2D eigenvalue weighted by molar-refractivity contribution is 6.12. The summed E-state index contributed by atoms with van der Waals surface area (Å²) in [7, 11) is 2.00. The van der Waals surface area contributed by atoms with Crippen LogP contribution in [-0.2, 0) is 13.5 Å². The number of fused-ring (bicyclic) bond motifs is 3. The lowest BCUT2D eigenvalue weighted by Gasteiger charge is -2.08. The van der Waals surface area contributed by atoms with Crippen LogP contribution in [-0.4, -0.2) is 0 Å². The predicted octanol–water partition coefficient (Wildman–Crippen LogP) is 6.14. The maximum absolute atomic E-state index is 7.85. The van der Waals surface area contributed by atoms with Gasteiger partial charge in [0.2, 0.25) is 11.4 Å². The molecule has 134 valence electrons. The number of hydrogen-bond donors (Lipinski definition) is 0. The van der Waals surface area contributed by atoms with Crippen LogP contribution in [0.4, 0.5) is 5.69 Å². The normalized spacial score (nSPS) is 11.4. The van der Waals surface area contributed by atoms with Gasteiger partial charge < -0.3 is 4.42 Å². The Morgan fingerprint density at radius 2 is 1.93 bits per heavy atom. The zero-order chi connectivity index (χ0) is 19.1. The fourth-order valence-electron chi connectivity index (χ4n) is 3.88. The van der Waals surface area contributed by atoms with Crippen LogP contribution in [0.2, 0.25) is 0 Å². The molecule has 0 aliphatic rings. The summed E-state index contributed by atoms with van der Waals surface area (Å²) < 4.78 is 8.22. The molecule has 2 aromatic carbocycles. The molecule has 0 bridgehead atoms. The zero-order valence-corrected chi connectivity index (χ0v) is 16.2. The molecule has 0 N–H and O–H groups in total. The number of aromatic nitrogens is 1. The number of pyridine rings is 1. The maximum atomic E-state index is 7.85. The highest BCUT2D eigenvalue weighted by Gasteiger charge is 2.23. The third kappa shape index (κ3) is 2.88. The average molecular weight is 355 g/mol. The predicted molar refractivity (Wildman–Crippen MR) is 110 cm³/mol. The van der Waals surface area contributed by atoms with E-state index >= 15 is 0 Å². The van der Waals surface area contributed by atoms with Crippen molar-refractivity contribution >= 4 is 27.6 Å². The molecule has 0 atom stereocenters. The Morgan fingerprint density at radius 3 is 2.63 bits per heavy atom. The molecule has 4 rings (SSSR count). The molecule has 3 heteroatoms. The number of aryl methyl sites for hydroxylation is 2. The van der Waals surface area contributed by atoms with E-state index < -0.39 is 0 Å². The molecule has 0 aliphatic carbocycles. The molecule has 0 unspecified atom stereocenters. The van der Waals surface area contributed by atoms with Gasteiger partial charge in [-0.3, -0.25) is 0 Å². The Hall–Kier alpha value is -3.12. The zero-order valence-electron chi connectivity index (χ0n) is 16.2. The lowest BCUT2D eigenvalue weighted by atomic mass is 9.97. The molecule has 0 amide bonds. The third-order valence-electron chi connectivity index (χ3n) is 5.06. The summed E-state index contributed by atoms with van der Waals surface area (Å²) in [5.41, 5.74) is 6.48. The van der Waals surface area contributed by atoms with Crippen LogP contribution in [0.5, 0.6) is 0 Å². The number of nitrogens with zero attached hydrogens (tertiary/aromatic N) is 2. The third-order valence-corrected chi connectivity index (χ3v) is 5.06. The van der Waals surface area contributed by atoms with Crippen molar-refractivity contribution in [1.29, 1.82) is 0 Å². The van der Waals surface area contributed by atoms with Gasteiger partial charge in [0.1, 0.15) is 18.2 Å². The Balaban J connectivity index is 2.04. The van der Waals surface area contributed by atoms with Crippen molar-refractivity contribution in [3.05, 3.63) is 71.2 Å². The van der Waals surface area contributed by atoms with Gasteiger partial charge in [0.15, 0.2) is 6.20 Å². The minimum atomic E-state index is 0.591. The van der Waals surface area contributed by atoms with Crippen molar-refractivity contribution in [1.82, 2.24) is 0 Å². The van der Waals surface area contributed by atoms with Crippen molar-refractivity contribution in [3.8, 4) is 11.3 Å². The quantitative estimate of drug-likeness (QED) is 0.320. The van der Waals surface area contributed by atoms with E-state index in [1.54, 1.807) is 0 Å². The molecule has 0 saturated heterocycles. The number of rotatable bonds is 3. The fourth-order valence-corrected chi connectivity index (χ4v) is 3.88. The molecule has 0 radical (unpaired) electrons. The summed E-state index contributed by atoms with van der Waals surface area (Å²) in [5.74, 6) is 0.603. The van der Waals surface area contributed by atoms with Gasteiger partial charge in [0.25, 0.3) is 0 Å². The van der Waals surface area contributed by atoms with Gasteiger partial charge in [0.05, 0.1) is 12.1 Å². The Bertz CT molecular complexity index is 1210. The molecule has 27 heavy (non-hydrogen) atoms. The number of benzene rings is 2. The second-order valence-corrected chi connectivity index (χ2v) is 7.63.